The summed E-state index contributed by atoms with van der Waals surface area (Å²) >= 11 is 0. The second-order valence-electron chi connectivity index (χ2n) is 7.77. The molecule has 4 rings (SSSR count). The largest absolute Gasteiger partial charge is 0.505 e. The molecule has 0 aliphatic heterocycles. The maximum Gasteiger partial charge on any atom is 0.154 e. The number of phenolic OH excluding ortho intramolecular Hbond substituents is 1. The first-order chi connectivity index (χ1) is 15.3. The van der Waals surface area contributed by atoms with Crippen LogP contribution in [-0.4, -0.2) is 26.7 Å². The van der Waals surface area contributed by atoms with Crippen molar-refractivity contribution in [3.63, 3.8) is 0 Å². The van der Waals surface area contributed by atoms with Gasteiger partial charge in [0.1, 0.15) is 22.5 Å². The van der Waals surface area contributed by atoms with Crippen molar-refractivity contribution in [3.05, 3.63) is 66.7 Å². The lowest BCUT2D eigenvalue weighted by molar-refractivity contribution is 0.304. The fourth-order valence-electron chi connectivity index (χ4n) is 3.76. The first-order valence-electron chi connectivity index (χ1n) is 11.1. The first-order valence-corrected chi connectivity index (χ1v) is 11.1. The van der Waals surface area contributed by atoms with Crippen molar-refractivity contribution in [1.82, 2.24) is 15.0 Å². The fraction of sp³-hybridized carbons (Fsp3) is 0.308. The molecule has 4 aromatic rings. The van der Waals surface area contributed by atoms with Crippen molar-refractivity contribution in [2.24, 2.45) is 0 Å². The average molecular weight is 416 g/mol. The van der Waals surface area contributed by atoms with E-state index >= 15 is 0 Å². The second-order valence-corrected chi connectivity index (χ2v) is 7.77. The minimum absolute atomic E-state index is 0.118. The molecule has 0 bridgehead atoms. The molecule has 31 heavy (non-hydrogen) atoms. The van der Waals surface area contributed by atoms with E-state index in [9.17, 15) is 5.11 Å². The molecule has 0 aliphatic carbocycles. The lowest BCUT2D eigenvalue weighted by Crippen LogP contribution is -2.03. The van der Waals surface area contributed by atoms with E-state index in [4.69, 9.17) is 4.74 Å². The molecule has 1 aromatic heterocycles. The predicted octanol–water partition coefficient (Wildman–Crippen LogP) is 6.53. The molecule has 0 aliphatic rings. The van der Waals surface area contributed by atoms with Crippen LogP contribution in [0.3, 0.4) is 0 Å². The Labute approximate surface area is 183 Å². The van der Waals surface area contributed by atoms with Gasteiger partial charge < -0.3 is 9.84 Å². The molecular formula is C26H29N3O2. The van der Waals surface area contributed by atoms with Gasteiger partial charge in [-0.3, -0.25) is 0 Å². The van der Waals surface area contributed by atoms with E-state index in [1.54, 1.807) is 0 Å². The Hall–Kier alpha value is -3.34. The predicted molar refractivity (Wildman–Crippen MR) is 125 cm³/mol. The van der Waals surface area contributed by atoms with E-state index in [2.05, 4.69) is 17.1 Å². The lowest BCUT2D eigenvalue weighted by Gasteiger charge is -2.15. The Morgan fingerprint density at radius 3 is 2.13 bits per heavy atom. The van der Waals surface area contributed by atoms with Crippen LogP contribution in [0.15, 0.2) is 66.7 Å². The van der Waals surface area contributed by atoms with Crippen molar-refractivity contribution in [3.8, 4) is 28.3 Å². The maximum atomic E-state index is 11.2. The Bertz CT molecular complexity index is 1090. The summed E-state index contributed by atoms with van der Waals surface area (Å²) in [5.74, 6) is 0.796. The van der Waals surface area contributed by atoms with Gasteiger partial charge in [0.2, 0.25) is 0 Å². The molecule has 160 valence electrons. The monoisotopic (exact) mass is 415 g/mol. The van der Waals surface area contributed by atoms with Crippen molar-refractivity contribution < 1.29 is 9.84 Å². The number of unbranched alkanes of at least 4 members (excludes halogenated alkanes) is 5. The van der Waals surface area contributed by atoms with Gasteiger partial charge in [-0.05, 0) is 36.2 Å². The van der Waals surface area contributed by atoms with Crippen LogP contribution < -0.4 is 4.74 Å². The molecule has 3 aromatic carbocycles. The molecule has 0 fully saturated rings. The van der Waals surface area contributed by atoms with E-state index in [0.717, 1.165) is 29.4 Å². The zero-order chi connectivity index (χ0) is 21.5. The van der Waals surface area contributed by atoms with Crippen molar-refractivity contribution in [2.75, 3.05) is 6.61 Å². The molecule has 0 saturated heterocycles. The van der Waals surface area contributed by atoms with E-state index in [1.807, 2.05) is 66.7 Å². The molecule has 0 unspecified atom stereocenters. The summed E-state index contributed by atoms with van der Waals surface area (Å²) in [6.07, 6.45) is 7.24. The van der Waals surface area contributed by atoms with Crippen molar-refractivity contribution >= 4 is 11.0 Å². The Kier molecular flexibility index (Phi) is 6.82. The molecule has 0 atom stereocenters. The third kappa shape index (κ3) is 4.88. The van der Waals surface area contributed by atoms with Crippen LogP contribution >= 0.6 is 0 Å². The van der Waals surface area contributed by atoms with Gasteiger partial charge in [-0.25, -0.2) is 0 Å². The molecule has 1 N–H and O–H groups in total. The fourth-order valence-corrected chi connectivity index (χ4v) is 3.76. The smallest absolute Gasteiger partial charge is 0.154 e. The number of nitrogens with zero attached hydrogens (tertiary/aromatic N) is 3. The summed E-state index contributed by atoms with van der Waals surface area (Å²) in [6.45, 7) is 2.86. The highest BCUT2D eigenvalue weighted by atomic mass is 16.5. The number of ether oxygens (including phenoxy) is 1. The van der Waals surface area contributed by atoms with E-state index in [0.29, 0.717) is 23.6 Å². The number of aromatic hydroxyl groups is 1. The summed E-state index contributed by atoms with van der Waals surface area (Å²) in [5, 5.41) is 20.3. The molecule has 0 saturated carbocycles. The molecule has 0 amide bonds. The van der Waals surface area contributed by atoms with Crippen LogP contribution in [-0.2, 0) is 0 Å². The van der Waals surface area contributed by atoms with Gasteiger partial charge in [-0.15, -0.1) is 15.0 Å². The first kappa shape index (κ1) is 20.9. The number of phenols is 1. The second kappa shape index (κ2) is 10.1. The van der Waals surface area contributed by atoms with E-state index < -0.39 is 0 Å². The van der Waals surface area contributed by atoms with Crippen LogP contribution in [0.2, 0.25) is 0 Å². The minimum atomic E-state index is 0.118. The molecular weight excluding hydrogens is 386 g/mol. The summed E-state index contributed by atoms with van der Waals surface area (Å²) < 4.78 is 6.12. The van der Waals surface area contributed by atoms with E-state index in [1.165, 1.54) is 30.5 Å². The summed E-state index contributed by atoms with van der Waals surface area (Å²) in [6, 6.07) is 21.2. The zero-order valence-electron chi connectivity index (χ0n) is 18.0. The topological polar surface area (TPSA) is 60.2 Å². The van der Waals surface area contributed by atoms with Gasteiger partial charge in [0, 0.05) is 0 Å². The highest BCUT2D eigenvalue weighted by molar-refractivity contribution is 5.81. The SMILES string of the molecule is CCCCCCCCOc1ccc(-n2nc3ccccc3n2)c(O)c1-c1ccccc1. The zero-order valence-corrected chi connectivity index (χ0v) is 18.0. The van der Waals surface area contributed by atoms with E-state index in [-0.39, 0.29) is 5.75 Å². The number of hydrogen-bond donors (Lipinski definition) is 1. The number of aromatic nitrogens is 3. The summed E-state index contributed by atoms with van der Waals surface area (Å²) in [7, 11) is 0. The van der Waals surface area contributed by atoms with Gasteiger partial charge >= 0.3 is 0 Å². The van der Waals surface area contributed by atoms with Crippen molar-refractivity contribution in [1.29, 1.82) is 0 Å². The standard InChI is InChI=1S/C26H29N3O2/c1-2-3-4-5-6-12-19-31-24-18-17-23(26(30)25(24)20-13-8-7-9-14-20)29-27-21-15-10-11-16-22(21)28-29/h7-11,13-18,30H,2-6,12,19H2,1H3. The Morgan fingerprint density at radius 1 is 0.774 bits per heavy atom. The normalized spacial score (nSPS) is 11.1. The number of benzene rings is 3. The quantitative estimate of drug-likeness (QED) is 0.299. The highest BCUT2D eigenvalue weighted by Crippen LogP contribution is 2.41. The van der Waals surface area contributed by atoms with Crippen LogP contribution in [0.4, 0.5) is 0 Å². The van der Waals surface area contributed by atoms with Gasteiger partial charge in [-0.1, -0.05) is 81.5 Å². The molecule has 0 spiro atoms. The number of fused-ring (bicyclic) bond motifs is 1. The summed E-state index contributed by atoms with van der Waals surface area (Å²) in [4.78, 5) is 1.49. The van der Waals surface area contributed by atoms with Gasteiger partial charge in [-0.2, -0.15) is 0 Å². The third-order valence-electron chi connectivity index (χ3n) is 5.44. The number of hydrogen-bond acceptors (Lipinski definition) is 4. The van der Waals surface area contributed by atoms with Crippen LogP contribution in [0.25, 0.3) is 27.8 Å². The maximum absolute atomic E-state index is 11.2. The minimum Gasteiger partial charge on any atom is -0.505 e. The molecule has 5 heteroatoms. The highest BCUT2D eigenvalue weighted by Gasteiger charge is 2.18. The van der Waals surface area contributed by atoms with Crippen LogP contribution in [0, 0.1) is 0 Å². The molecule has 5 nitrogen and oxygen atoms in total. The van der Waals surface area contributed by atoms with Gasteiger partial charge in [0.25, 0.3) is 0 Å². The molecule has 0 radical (unpaired) electrons. The average Bonchev–Trinajstić information content (AvgIpc) is 3.23. The Morgan fingerprint density at radius 2 is 1.42 bits per heavy atom. The van der Waals surface area contributed by atoms with Gasteiger partial charge in [0.05, 0.1) is 12.2 Å². The summed E-state index contributed by atoms with van der Waals surface area (Å²) in [5.41, 5.74) is 3.67. The van der Waals surface area contributed by atoms with Crippen LogP contribution in [0.5, 0.6) is 11.5 Å². The Balaban J connectivity index is 1.61. The van der Waals surface area contributed by atoms with Crippen molar-refractivity contribution in [2.45, 2.75) is 45.4 Å². The van der Waals surface area contributed by atoms with Crippen LogP contribution in [0.1, 0.15) is 45.4 Å². The molecule has 1 heterocycles. The lowest BCUT2D eigenvalue weighted by atomic mass is 10.0. The van der Waals surface area contributed by atoms with Gasteiger partial charge in [0.15, 0.2) is 5.75 Å². The number of rotatable bonds is 10. The third-order valence-corrected chi connectivity index (χ3v) is 5.44.